The quantitative estimate of drug-likeness (QED) is 0.535. The molecule has 0 aliphatic heterocycles. The van der Waals surface area contributed by atoms with E-state index in [1.807, 2.05) is 6.92 Å². The van der Waals surface area contributed by atoms with Crippen molar-refractivity contribution in [3.05, 3.63) is 11.6 Å². The van der Waals surface area contributed by atoms with Crippen molar-refractivity contribution < 1.29 is 14.6 Å². The van der Waals surface area contributed by atoms with E-state index in [-0.39, 0.29) is 18.0 Å². The fraction of sp³-hybridized carbons (Fsp3) is 0.800. The third-order valence-electron chi connectivity index (χ3n) is 3.37. The number of hydrogen-bond donors (Lipinski definition) is 1. The van der Waals surface area contributed by atoms with E-state index in [9.17, 15) is 9.90 Å². The van der Waals surface area contributed by atoms with Crippen molar-refractivity contribution in [3.63, 3.8) is 0 Å². The molecule has 18 heavy (non-hydrogen) atoms. The van der Waals surface area contributed by atoms with Gasteiger partial charge in [-0.05, 0) is 32.6 Å². The molecule has 0 amide bonds. The fourth-order valence-electron chi connectivity index (χ4n) is 1.74. The van der Waals surface area contributed by atoms with Gasteiger partial charge in [0.15, 0.2) is 0 Å². The minimum absolute atomic E-state index is 0.0153. The Hall–Kier alpha value is -0.830. The van der Waals surface area contributed by atoms with E-state index in [2.05, 4.69) is 13.8 Å². The molecule has 0 saturated heterocycles. The Balaban J connectivity index is 4.24. The molecule has 0 unspecified atom stereocenters. The first-order chi connectivity index (χ1) is 8.42. The van der Waals surface area contributed by atoms with Crippen LogP contribution < -0.4 is 0 Å². The lowest BCUT2D eigenvalue weighted by Gasteiger charge is -2.18. The van der Waals surface area contributed by atoms with Crippen molar-refractivity contribution in [1.82, 2.24) is 0 Å². The molecular weight excluding hydrogens is 228 g/mol. The maximum atomic E-state index is 11.4. The summed E-state index contributed by atoms with van der Waals surface area (Å²) in [5.74, 6) is 0.332. The Kier molecular flexibility index (Phi) is 8.73. The lowest BCUT2D eigenvalue weighted by atomic mass is 9.93. The van der Waals surface area contributed by atoms with Crippen LogP contribution in [0.2, 0.25) is 0 Å². The normalized spacial score (nSPS) is 17.1. The first-order valence-corrected chi connectivity index (χ1v) is 6.95. The van der Waals surface area contributed by atoms with Crippen molar-refractivity contribution in [2.75, 3.05) is 6.61 Å². The SMILES string of the molecule is CCOC(=O)/C(C)=C/[C@@H](C)[C@H](O)CC[C@@H](C)CC. The molecule has 0 aromatic rings. The number of aliphatic hydroxyl groups is 1. The standard InChI is InChI=1S/C15H28O3/c1-6-11(3)8-9-14(16)12(4)10-13(5)15(17)18-7-2/h10-12,14,16H,6-9H2,1-5H3/b13-10+/t11-,12+,14+/m0/s1. The summed E-state index contributed by atoms with van der Waals surface area (Å²) in [5, 5.41) is 10.0. The summed E-state index contributed by atoms with van der Waals surface area (Å²) >= 11 is 0. The number of ether oxygens (including phenoxy) is 1. The van der Waals surface area contributed by atoms with Gasteiger partial charge in [0.25, 0.3) is 0 Å². The fourth-order valence-corrected chi connectivity index (χ4v) is 1.74. The van der Waals surface area contributed by atoms with Gasteiger partial charge in [-0.2, -0.15) is 0 Å². The van der Waals surface area contributed by atoms with Crippen LogP contribution >= 0.6 is 0 Å². The van der Waals surface area contributed by atoms with Crippen LogP contribution in [0, 0.1) is 11.8 Å². The Morgan fingerprint density at radius 1 is 1.28 bits per heavy atom. The van der Waals surface area contributed by atoms with Gasteiger partial charge < -0.3 is 9.84 Å². The summed E-state index contributed by atoms with van der Waals surface area (Å²) in [5.41, 5.74) is 0.576. The van der Waals surface area contributed by atoms with E-state index < -0.39 is 0 Å². The minimum atomic E-state index is -0.386. The van der Waals surface area contributed by atoms with Gasteiger partial charge in [-0.1, -0.05) is 33.3 Å². The maximum Gasteiger partial charge on any atom is 0.333 e. The molecule has 0 aromatic carbocycles. The Labute approximate surface area is 111 Å². The largest absolute Gasteiger partial charge is 0.463 e. The number of rotatable bonds is 8. The molecule has 0 bridgehead atoms. The van der Waals surface area contributed by atoms with Crippen LogP contribution in [0.3, 0.4) is 0 Å². The second-order valence-corrected chi connectivity index (χ2v) is 5.09. The van der Waals surface area contributed by atoms with Crippen molar-refractivity contribution in [2.45, 2.75) is 60.0 Å². The number of hydrogen-bond acceptors (Lipinski definition) is 3. The molecule has 0 rings (SSSR count). The van der Waals surface area contributed by atoms with Crippen LogP contribution in [-0.4, -0.2) is 23.8 Å². The predicted octanol–water partition coefficient (Wildman–Crippen LogP) is 3.32. The maximum absolute atomic E-state index is 11.4. The summed E-state index contributed by atoms with van der Waals surface area (Å²) < 4.78 is 4.91. The Morgan fingerprint density at radius 2 is 1.89 bits per heavy atom. The molecule has 0 aliphatic carbocycles. The van der Waals surface area contributed by atoms with E-state index in [0.29, 0.717) is 18.1 Å². The third kappa shape index (κ3) is 6.80. The molecule has 3 atom stereocenters. The first kappa shape index (κ1) is 17.2. The van der Waals surface area contributed by atoms with Crippen LogP contribution in [0.25, 0.3) is 0 Å². The highest BCUT2D eigenvalue weighted by Gasteiger charge is 2.15. The molecule has 0 fully saturated rings. The topological polar surface area (TPSA) is 46.5 Å². The van der Waals surface area contributed by atoms with E-state index >= 15 is 0 Å². The number of esters is 1. The molecule has 0 heterocycles. The van der Waals surface area contributed by atoms with Gasteiger partial charge in [-0.3, -0.25) is 0 Å². The lowest BCUT2D eigenvalue weighted by molar-refractivity contribution is -0.138. The molecule has 0 saturated carbocycles. The zero-order valence-corrected chi connectivity index (χ0v) is 12.4. The second kappa shape index (κ2) is 9.15. The highest BCUT2D eigenvalue weighted by molar-refractivity contribution is 5.87. The molecule has 0 spiro atoms. The Bertz CT molecular complexity index is 271. The summed E-state index contributed by atoms with van der Waals surface area (Å²) in [6.07, 6.45) is 4.36. The van der Waals surface area contributed by atoms with Gasteiger partial charge in [0, 0.05) is 11.5 Å². The van der Waals surface area contributed by atoms with Gasteiger partial charge in [0.1, 0.15) is 0 Å². The molecule has 0 radical (unpaired) electrons. The Morgan fingerprint density at radius 3 is 2.39 bits per heavy atom. The lowest BCUT2D eigenvalue weighted by Crippen LogP contribution is -2.18. The molecular formula is C15H28O3. The second-order valence-electron chi connectivity index (χ2n) is 5.09. The van der Waals surface area contributed by atoms with E-state index in [4.69, 9.17) is 4.74 Å². The van der Waals surface area contributed by atoms with Crippen molar-refractivity contribution in [1.29, 1.82) is 0 Å². The van der Waals surface area contributed by atoms with Gasteiger partial charge in [0.05, 0.1) is 12.7 Å². The van der Waals surface area contributed by atoms with E-state index in [1.165, 1.54) is 0 Å². The zero-order chi connectivity index (χ0) is 14.1. The molecule has 106 valence electrons. The van der Waals surface area contributed by atoms with E-state index in [1.54, 1.807) is 19.9 Å². The number of carbonyl (C=O) groups excluding carboxylic acids is 1. The molecule has 3 heteroatoms. The van der Waals surface area contributed by atoms with E-state index in [0.717, 1.165) is 19.3 Å². The highest BCUT2D eigenvalue weighted by atomic mass is 16.5. The summed E-state index contributed by atoms with van der Waals surface area (Å²) in [7, 11) is 0. The van der Waals surface area contributed by atoms with Crippen molar-refractivity contribution in [2.24, 2.45) is 11.8 Å². The zero-order valence-electron chi connectivity index (χ0n) is 12.4. The summed E-state index contributed by atoms with van der Waals surface area (Å²) in [6, 6.07) is 0. The summed E-state index contributed by atoms with van der Waals surface area (Å²) in [4.78, 5) is 11.4. The third-order valence-corrected chi connectivity index (χ3v) is 3.37. The van der Waals surface area contributed by atoms with Crippen LogP contribution in [0.15, 0.2) is 11.6 Å². The van der Waals surface area contributed by atoms with Crippen molar-refractivity contribution in [3.8, 4) is 0 Å². The molecule has 3 nitrogen and oxygen atoms in total. The van der Waals surface area contributed by atoms with Crippen LogP contribution in [0.4, 0.5) is 0 Å². The number of aliphatic hydroxyl groups excluding tert-OH is 1. The van der Waals surface area contributed by atoms with Gasteiger partial charge in [-0.25, -0.2) is 4.79 Å². The van der Waals surface area contributed by atoms with Gasteiger partial charge in [-0.15, -0.1) is 0 Å². The smallest absolute Gasteiger partial charge is 0.333 e. The first-order valence-electron chi connectivity index (χ1n) is 6.95. The average molecular weight is 256 g/mol. The monoisotopic (exact) mass is 256 g/mol. The van der Waals surface area contributed by atoms with Crippen LogP contribution in [0.5, 0.6) is 0 Å². The van der Waals surface area contributed by atoms with Gasteiger partial charge >= 0.3 is 5.97 Å². The van der Waals surface area contributed by atoms with Crippen LogP contribution in [0.1, 0.15) is 53.9 Å². The number of carbonyl (C=O) groups is 1. The minimum Gasteiger partial charge on any atom is -0.463 e. The molecule has 0 aromatic heterocycles. The highest BCUT2D eigenvalue weighted by Crippen LogP contribution is 2.18. The predicted molar refractivity (Wildman–Crippen MR) is 74.2 cm³/mol. The van der Waals surface area contributed by atoms with Crippen LogP contribution in [-0.2, 0) is 9.53 Å². The van der Waals surface area contributed by atoms with Crippen molar-refractivity contribution >= 4 is 5.97 Å². The summed E-state index contributed by atoms with van der Waals surface area (Å²) in [6.45, 7) is 10.2. The molecule has 0 aliphatic rings. The molecule has 1 N–H and O–H groups in total. The van der Waals surface area contributed by atoms with Gasteiger partial charge in [0.2, 0.25) is 0 Å². The average Bonchev–Trinajstić information content (AvgIpc) is 2.35.